The average molecular weight is 248 g/mol. The summed E-state index contributed by atoms with van der Waals surface area (Å²) in [6, 6.07) is 10.0. The minimum atomic E-state index is -0.645. The van der Waals surface area contributed by atoms with E-state index < -0.39 is 11.9 Å². The van der Waals surface area contributed by atoms with Crippen LogP contribution >= 0.6 is 0 Å². The summed E-state index contributed by atoms with van der Waals surface area (Å²) in [5.74, 6) is -0.645. The first-order valence-electron chi connectivity index (χ1n) is 6.25. The molecule has 0 unspecified atom stereocenters. The van der Waals surface area contributed by atoms with Gasteiger partial charge in [-0.15, -0.1) is 0 Å². The van der Waals surface area contributed by atoms with E-state index in [1.165, 1.54) is 0 Å². The second-order valence-electron chi connectivity index (χ2n) is 5.08. The quantitative estimate of drug-likeness (QED) is 0.893. The second-order valence-corrected chi connectivity index (χ2v) is 5.08. The minimum Gasteiger partial charge on any atom is -0.391 e. The van der Waals surface area contributed by atoms with Gasteiger partial charge in [-0.3, -0.25) is 0 Å². The average Bonchev–Trinajstić information content (AvgIpc) is 2.64. The van der Waals surface area contributed by atoms with Gasteiger partial charge in [0.1, 0.15) is 12.2 Å². The number of aliphatic hydroxyl groups excluding tert-OH is 1. The molecule has 18 heavy (non-hydrogen) atoms. The first-order valence-corrected chi connectivity index (χ1v) is 6.25. The predicted molar refractivity (Wildman–Crippen MR) is 71.0 cm³/mol. The summed E-state index contributed by atoms with van der Waals surface area (Å²) in [6.45, 7) is 5.44. The Labute approximate surface area is 108 Å². The van der Waals surface area contributed by atoms with Gasteiger partial charge < -0.3 is 14.6 Å². The number of hydrogen-bond acceptors (Lipinski definition) is 3. The van der Waals surface area contributed by atoms with E-state index in [0.29, 0.717) is 0 Å². The Morgan fingerprint density at radius 1 is 1.22 bits per heavy atom. The van der Waals surface area contributed by atoms with Crippen molar-refractivity contribution in [2.24, 2.45) is 0 Å². The molecule has 1 fully saturated rings. The lowest BCUT2D eigenvalue weighted by molar-refractivity contribution is -0.152. The van der Waals surface area contributed by atoms with Gasteiger partial charge in [0.05, 0.1) is 6.10 Å². The van der Waals surface area contributed by atoms with Crippen LogP contribution in [0.4, 0.5) is 0 Å². The van der Waals surface area contributed by atoms with Gasteiger partial charge in [-0.25, -0.2) is 0 Å². The lowest BCUT2D eigenvalue weighted by Crippen LogP contribution is -2.32. The number of ether oxygens (including phenoxy) is 2. The molecular weight excluding hydrogens is 228 g/mol. The standard InChI is InChI=1S/C15H20O3/c1-11(16)14-13(17-15(2,3)18-14)10-9-12-7-5-4-6-8-12/h4-11,13-14,16H,1-3H3/b10-9+/t11-,13+,14+/m1/s1. The molecule has 0 spiro atoms. The van der Waals surface area contributed by atoms with Crippen LogP contribution in [0.1, 0.15) is 26.3 Å². The molecule has 0 saturated carbocycles. The summed E-state index contributed by atoms with van der Waals surface area (Å²) in [5, 5.41) is 9.71. The molecule has 1 N–H and O–H groups in total. The molecule has 1 aliphatic heterocycles. The van der Waals surface area contributed by atoms with Gasteiger partial charge in [0.25, 0.3) is 0 Å². The molecule has 1 aliphatic rings. The lowest BCUT2D eigenvalue weighted by atomic mass is 10.1. The number of benzene rings is 1. The molecule has 1 aromatic rings. The second kappa shape index (κ2) is 5.22. The zero-order chi connectivity index (χ0) is 13.2. The van der Waals surface area contributed by atoms with Gasteiger partial charge in [-0.2, -0.15) is 0 Å². The maximum Gasteiger partial charge on any atom is 0.164 e. The number of aliphatic hydroxyl groups is 1. The normalized spacial score (nSPS) is 28.7. The molecule has 2 rings (SSSR count). The summed E-state index contributed by atoms with van der Waals surface area (Å²) in [7, 11) is 0. The molecule has 0 aliphatic carbocycles. The lowest BCUT2D eigenvalue weighted by Gasteiger charge is -2.18. The third-order valence-corrected chi connectivity index (χ3v) is 2.92. The van der Waals surface area contributed by atoms with E-state index in [9.17, 15) is 5.11 Å². The van der Waals surface area contributed by atoms with Crippen molar-refractivity contribution in [2.45, 2.75) is 44.9 Å². The fourth-order valence-electron chi connectivity index (χ4n) is 2.11. The van der Waals surface area contributed by atoms with E-state index in [4.69, 9.17) is 9.47 Å². The van der Waals surface area contributed by atoms with E-state index in [2.05, 4.69) is 0 Å². The fraction of sp³-hybridized carbons (Fsp3) is 0.467. The molecule has 1 heterocycles. The summed E-state index contributed by atoms with van der Waals surface area (Å²) in [5.41, 5.74) is 1.11. The van der Waals surface area contributed by atoms with Crippen molar-refractivity contribution in [3.63, 3.8) is 0 Å². The maximum absolute atomic E-state index is 9.71. The highest BCUT2D eigenvalue weighted by atomic mass is 16.8. The Bertz CT molecular complexity index is 409. The Balaban J connectivity index is 2.10. The van der Waals surface area contributed by atoms with Gasteiger partial charge in [0.15, 0.2) is 5.79 Å². The highest BCUT2D eigenvalue weighted by molar-refractivity contribution is 5.49. The fourth-order valence-corrected chi connectivity index (χ4v) is 2.11. The Kier molecular flexibility index (Phi) is 3.85. The number of rotatable bonds is 3. The summed E-state index contributed by atoms with van der Waals surface area (Å²) >= 11 is 0. The predicted octanol–water partition coefficient (Wildman–Crippen LogP) is 2.60. The topological polar surface area (TPSA) is 38.7 Å². The summed E-state index contributed by atoms with van der Waals surface area (Å²) in [4.78, 5) is 0. The SMILES string of the molecule is C[C@@H](O)[C@@H]1OC(C)(C)O[C@H]1/C=C/c1ccccc1. The monoisotopic (exact) mass is 248 g/mol. The molecule has 3 atom stereocenters. The third-order valence-electron chi connectivity index (χ3n) is 2.92. The van der Waals surface area contributed by atoms with Crippen LogP contribution in [0.2, 0.25) is 0 Å². The van der Waals surface area contributed by atoms with Crippen molar-refractivity contribution in [3.8, 4) is 0 Å². The van der Waals surface area contributed by atoms with Crippen molar-refractivity contribution in [3.05, 3.63) is 42.0 Å². The molecule has 0 aromatic heterocycles. The zero-order valence-electron chi connectivity index (χ0n) is 11.0. The van der Waals surface area contributed by atoms with E-state index in [1.54, 1.807) is 6.92 Å². The van der Waals surface area contributed by atoms with E-state index >= 15 is 0 Å². The third kappa shape index (κ3) is 3.19. The van der Waals surface area contributed by atoms with Crippen LogP contribution in [0.3, 0.4) is 0 Å². The van der Waals surface area contributed by atoms with Gasteiger partial charge in [-0.1, -0.05) is 42.5 Å². The van der Waals surface area contributed by atoms with Crippen LogP contribution in [-0.2, 0) is 9.47 Å². The van der Waals surface area contributed by atoms with Crippen LogP contribution in [0, 0.1) is 0 Å². The molecule has 3 nitrogen and oxygen atoms in total. The Morgan fingerprint density at radius 3 is 2.50 bits per heavy atom. The molecule has 0 radical (unpaired) electrons. The van der Waals surface area contributed by atoms with Crippen LogP contribution in [-0.4, -0.2) is 29.2 Å². The molecule has 1 aromatic carbocycles. The van der Waals surface area contributed by atoms with Gasteiger partial charge in [-0.05, 0) is 26.3 Å². The Hall–Kier alpha value is -1.16. The molecule has 1 saturated heterocycles. The molecule has 0 bridgehead atoms. The molecule has 98 valence electrons. The van der Waals surface area contributed by atoms with Crippen LogP contribution in [0.5, 0.6) is 0 Å². The highest BCUT2D eigenvalue weighted by Crippen LogP contribution is 2.30. The van der Waals surface area contributed by atoms with Gasteiger partial charge in [0, 0.05) is 0 Å². The minimum absolute atomic E-state index is 0.222. The summed E-state index contributed by atoms with van der Waals surface area (Å²) in [6.07, 6.45) is 2.84. The molecular formula is C15H20O3. The van der Waals surface area contributed by atoms with Crippen molar-refractivity contribution in [1.82, 2.24) is 0 Å². The van der Waals surface area contributed by atoms with Gasteiger partial charge in [0.2, 0.25) is 0 Å². The van der Waals surface area contributed by atoms with E-state index in [-0.39, 0.29) is 12.2 Å². The zero-order valence-corrected chi connectivity index (χ0v) is 11.0. The van der Waals surface area contributed by atoms with Gasteiger partial charge >= 0.3 is 0 Å². The molecule has 3 heteroatoms. The van der Waals surface area contributed by atoms with E-state index in [0.717, 1.165) is 5.56 Å². The van der Waals surface area contributed by atoms with Crippen molar-refractivity contribution < 1.29 is 14.6 Å². The van der Waals surface area contributed by atoms with Crippen molar-refractivity contribution >= 4 is 6.08 Å². The first-order chi connectivity index (χ1) is 8.48. The van der Waals surface area contributed by atoms with E-state index in [1.807, 2.05) is 56.3 Å². The van der Waals surface area contributed by atoms with Crippen molar-refractivity contribution in [1.29, 1.82) is 0 Å². The smallest absolute Gasteiger partial charge is 0.164 e. The molecule has 0 amide bonds. The number of hydrogen-bond donors (Lipinski definition) is 1. The van der Waals surface area contributed by atoms with Crippen molar-refractivity contribution in [2.75, 3.05) is 0 Å². The Morgan fingerprint density at radius 2 is 1.89 bits per heavy atom. The van der Waals surface area contributed by atoms with Crippen LogP contribution in [0.25, 0.3) is 6.08 Å². The summed E-state index contributed by atoms with van der Waals surface area (Å²) < 4.78 is 11.5. The first kappa shape index (κ1) is 13.3. The highest BCUT2D eigenvalue weighted by Gasteiger charge is 2.42. The largest absolute Gasteiger partial charge is 0.391 e. The van der Waals surface area contributed by atoms with Crippen LogP contribution < -0.4 is 0 Å². The maximum atomic E-state index is 9.71. The van der Waals surface area contributed by atoms with Crippen LogP contribution in [0.15, 0.2) is 36.4 Å².